The lowest BCUT2D eigenvalue weighted by Crippen LogP contribution is -2.08. The number of phenols is 1. The fraction of sp³-hybridized carbons (Fsp3) is 0.167. The van der Waals surface area contributed by atoms with Gasteiger partial charge in [0.2, 0.25) is 0 Å². The summed E-state index contributed by atoms with van der Waals surface area (Å²) < 4.78 is 7.06. The van der Waals surface area contributed by atoms with Crippen LogP contribution in [0.5, 0.6) is 5.75 Å². The molecule has 0 fully saturated rings. The molecule has 1 heterocycles. The smallest absolute Gasteiger partial charge is 0.316 e. The van der Waals surface area contributed by atoms with Crippen LogP contribution in [0.4, 0.5) is 0 Å². The second kappa shape index (κ2) is 7.85. The van der Waals surface area contributed by atoms with E-state index < -0.39 is 0 Å². The van der Waals surface area contributed by atoms with Gasteiger partial charge in [0.25, 0.3) is 0 Å². The van der Waals surface area contributed by atoms with Crippen molar-refractivity contribution in [3.63, 3.8) is 0 Å². The first-order valence-electron chi connectivity index (χ1n) is 7.64. The lowest BCUT2D eigenvalue weighted by atomic mass is 10.2. The summed E-state index contributed by atoms with van der Waals surface area (Å²) in [5, 5.41) is 18.2. The van der Waals surface area contributed by atoms with Crippen LogP contribution in [0.25, 0.3) is 11.4 Å². The van der Waals surface area contributed by atoms with Crippen molar-refractivity contribution in [2.45, 2.75) is 11.8 Å². The van der Waals surface area contributed by atoms with Crippen LogP contribution in [0.3, 0.4) is 0 Å². The summed E-state index contributed by atoms with van der Waals surface area (Å²) in [6.07, 6.45) is 0. The number of aromatic nitrogens is 3. The fourth-order valence-corrected chi connectivity index (χ4v) is 2.91. The molecule has 0 radical (unpaired) electrons. The largest absolute Gasteiger partial charge is 0.508 e. The molecule has 1 N–H and O–H groups in total. The van der Waals surface area contributed by atoms with Crippen molar-refractivity contribution in [1.82, 2.24) is 14.8 Å². The van der Waals surface area contributed by atoms with Crippen molar-refractivity contribution < 1.29 is 14.6 Å². The molecule has 128 valence electrons. The number of benzene rings is 2. The number of esters is 1. The monoisotopic (exact) mass is 355 g/mol. The molecule has 0 aliphatic rings. The number of phenolic OH excluding ortho intramolecular Hbond substituents is 1. The quantitative estimate of drug-likeness (QED) is 0.541. The molecule has 1 aromatic heterocycles. The minimum Gasteiger partial charge on any atom is -0.508 e. The van der Waals surface area contributed by atoms with Crippen LogP contribution in [-0.4, -0.2) is 31.6 Å². The van der Waals surface area contributed by atoms with E-state index in [9.17, 15) is 9.90 Å². The van der Waals surface area contributed by atoms with E-state index in [1.807, 2.05) is 41.9 Å². The van der Waals surface area contributed by atoms with Crippen LogP contribution < -0.4 is 0 Å². The molecule has 0 atom stereocenters. The van der Waals surface area contributed by atoms with Crippen molar-refractivity contribution in [2.75, 3.05) is 5.75 Å². The van der Waals surface area contributed by atoms with Gasteiger partial charge in [-0.25, -0.2) is 0 Å². The van der Waals surface area contributed by atoms with E-state index in [4.69, 9.17) is 4.74 Å². The van der Waals surface area contributed by atoms with Gasteiger partial charge in [0.1, 0.15) is 12.4 Å². The number of carbonyl (C=O) groups is 1. The highest BCUT2D eigenvalue weighted by molar-refractivity contribution is 7.99. The minimum absolute atomic E-state index is 0.161. The third-order valence-corrected chi connectivity index (χ3v) is 4.52. The Kier molecular flexibility index (Phi) is 5.35. The molecule has 0 saturated carbocycles. The van der Waals surface area contributed by atoms with Crippen LogP contribution in [0.1, 0.15) is 5.56 Å². The van der Waals surface area contributed by atoms with Gasteiger partial charge in [-0.05, 0) is 29.8 Å². The summed E-state index contributed by atoms with van der Waals surface area (Å²) in [4.78, 5) is 11.9. The average Bonchev–Trinajstić information content (AvgIpc) is 3.00. The molecule has 25 heavy (non-hydrogen) atoms. The van der Waals surface area contributed by atoms with Crippen molar-refractivity contribution in [3.05, 3.63) is 60.2 Å². The molecule has 0 aliphatic carbocycles. The van der Waals surface area contributed by atoms with Gasteiger partial charge >= 0.3 is 5.97 Å². The third-order valence-electron chi connectivity index (χ3n) is 3.52. The number of hydrogen-bond acceptors (Lipinski definition) is 6. The van der Waals surface area contributed by atoms with Gasteiger partial charge in [0.15, 0.2) is 11.0 Å². The zero-order valence-corrected chi connectivity index (χ0v) is 14.4. The number of hydrogen-bond donors (Lipinski definition) is 1. The molecule has 0 aliphatic heterocycles. The summed E-state index contributed by atoms with van der Waals surface area (Å²) in [5.74, 6) is 0.721. The molecule has 0 bridgehead atoms. The SMILES string of the molecule is Cn1c(SCC(=O)OCc2ccccc2)nnc1-c1ccc(O)cc1. The predicted molar refractivity (Wildman–Crippen MR) is 95.1 cm³/mol. The first kappa shape index (κ1) is 17.0. The minimum atomic E-state index is -0.303. The highest BCUT2D eigenvalue weighted by Crippen LogP contribution is 2.24. The number of carbonyl (C=O) groups excluding carboxylic acids is 1. The Morgan fingerprint density at radius 3 is 2.56 bits per heavy atom. The summed E-state index contributed by atoms with van der Waals surface area (Å²) >= 11 is 1.27. The maximum Gasteiger partial charge on any atom is 0.316 e. The van der Waals surface area contributed by atoms with Gasteiger partial charge in [-0.15, -0.1) is 10.2 Å². The molecule has 0 saturated heterocycles. The number of thioether (sulfide) groups is 1. The highest BCUT2D eigenvalue weighted by atomic mass is 32.2. The van der Waals surface area contributed by atoms with Crippen molar-refractivity contribution >= 4 is 17.7 Å². The van der Waals surface area contributed by atoms with Crippen LogP contribution in [-0.2, 0) is 23.2 Å². The molecule has 0 spiro atoms. The number of ether oxygens (including phenoxy) is 1. The van der Waals surface area contributed by atoms with Crippen LogP contribution >= 0.6 is 11.8 Å². The van der Waals surface area contributed by atoms with Crippen molar-refractivity contribution in [1.29, 1.82) is 0 Å². The van der Waals surface area contributed by atoms with E-state index in [-0.39, 0.29) is 24.1 Å². The lowest BCUT2D eigenvalue weighted by Gasteiger charge is -2.05. The predicted octanol–water partition coefficient (Wildman–Crippen LogP) is 3.02. The Morgan fingerprint density at radius 1 is 1.12 bits per heavy atom. The second-order valence-electron chi connectivity index (χ2n) is 5.35. The Hall–Kier alpha value is -2.80. The molecule has 2 aromatic carbocycles. The molecular weight excluding hydrogens is 338 g/mol. The summed E-state index contributed by atoms with van der Waals surface area (Å²) in [5.41, 5.74) is 1.79. The van der Waals surface area contributed by atoms with Crippen LogP contribution in [0.15, 0.2) is 59.8 Å². The van der Waals surface area contributed by atoms with Crippen LogP contribution in [0.2, 0.25) is 0 Å². The number of aromatic hydroxyl groups is 1. The lowest BCUT2D eigenvalue weighted by molar-refractivity contribution is -0.141. The maximum atomic E-state index is 11.9. The fourth-order valence-electron chi connectivity index (χ4n) is 2.21. The first-order chi connectivity index (χ1) is 12.1. The topological polar surface area (TPSA) is 77.2 Å². The molecule has 3 aromatic rings. The Morgan fingerprint density at radius 2 is 1.84 bits per heavy atom. The van der Waals surface area contributed by atoms with Gasteiger partial charge in [-0.1, -0.05) is 42.1 Å². The van der Waals surface area contributed by atoms with Gasteiger partial charge in [-0.2, -0.15) is 0 Å². The average molecular weight is 355 g/mol. The Balaban J connectivity index is 1.56. The van der Waals surface area contributed by atoms with Crippen molar-refractivity contribution in [2.24, 2.45) is 7.05 Å². The van der Waals surface area contributed by atoms with E-state index in [2.05, 4.69) is 10.2 Å². The summed E-state index contributed by atoms with van der Waals surface area (Å²) in [6.45, 7) is 0.262. The van der Waals surface area contributed by atoms with E-state index in [1.165, 1.54) is 11.8 Å². The number of nitrogens with zero attached hydrogens (tertiary/aromatic N) is 3. The standard InChI is InChI=1S/C18H17N3O3S/c1-21-17(14-7-9-15(22)10-8-14)19-20-18(21)25-12-16(23)24-11-13-5-3-2-4-6-13/h2-10,22H,11-12H2,1H3. The zero-order valence-electron chi connectivity index (χ0n) is 13.6. The zero-order chi connectivity index (χ0) is 17.6. The Labute approximate surface area is 149 Å². The number of rotatable bonds is 6. The van der Waals surface area contributed by atoms with Crippen molar-refractivity contribution in [3.8, 4) is 17.1 Å². The van der Waals surface area contributed by atoms with Gasteiger partial charge in [0.05, 0.1) is 5.75 Å². The molecule has 6 nitrogen and oxygen atoms in total. The van der Waals surface area contributed by atoms with Gasteiger partial charge < -0.3 is 14.4 Å². The molecule has 3 rings (SSSR count). The molecule has 0 amide bonds. The first-order valence-corrected chi connectivity index (χ1v) is 8.63. The molecule has 0 unspecified atom stereocenters. The van der Waals surface area contributed by atoms with E-state index >= 15 is 0 Å². The second-order valence-corrected chi connectivity index (χ2v) is 6.29. The molecule has 7 heteroatoms. The van der Waals surface area contributed by atoms with Crippen LogP contribution in [0, 0.1) is 0 Å². The Bertz CT molecular complexity index is 848. The molecular formula is C18H17N3O3S. The van der Waals surface area contributed by atoms with E-state index in [0.29, 0.717) is 11.0 Å². The van der Waals surface area contributed by atoms with E-state index in [1.54, 1.807) is 24.3 Å². The van der Waals surface area contributed by atoms with Gasteiger partial charge in [-0.3, -0.25) is 4.79 Å². The third kappa shape index (κ3) is 4.39. The van der Waals surface area contributed by atoms with Gasteiger partial charge in [0, 0.05) is 12.6 Å². The normalized spacial score (nSPS) is 10.6. The summed E-state index contributed by atoms with van der Waals surface area (Å²) in [6, 6.07) is 16.3. The highest BCUT2D eigenvalue weighted by Gasteiger charge is 2.13. The summed E-state index contributed by atoms with van der Waals surface area (Å²) in [7, 11) is 1.83. The van der Waals surface area contributed by atoms with E-state index in [0.717, 1.165) is 11.1 Å². The maximum absolute atomic E-state index is 11.9.